The van der Waals surface area contributed by atoms with Crippen molar-refractivity contribution in [1.82, 2.24) is 5.16 Å². The maximum absolute atomic E-state index is 11.3. The minimum atomic E-state index is -0.655. The minimum absolute atomic E-state index is 0.0849. The van der Waals surface area contributed by atoms with E-state index in [0.29, 0.717) is 0 Å². The van der Waals surface area contributed by atoms with Crippen molar-refractivity contribution in [3.63, 3.8) is 0 Å². The number of hydrogen-bond acceptors (Lipinski definition) is 3. The third-order valence-corrected chi connectivity index (χ3v) is 5.18. The zero-order valence-corrected chi connectivity index (χ0v) is 12.1. The maximum Gasteiger partial charge on any atom is 0.307 e. The number of fused-ring (bicyclic) bond motifs is 2. The number of aliphatic carboxylic acids is 1. The van der Waals surface area contributed by atoms with E-state index in [-0.39, 0.29) is 11.3 Å². The van der Waals surface area contributed by atoms with Crippen LogP contribution >= 0.6 is 0 Å². The zero-order valence-electron chi connectivity index (χ0n) is 12.1. The molecule has 2 unspecified atom stereocenters. The third-order valence-electron chi connectivity index (χ3n) is 5.18. The van der Waals surface area contributed by atoms with E-state index in [1.54, 1.807) is 0 Å². The third kappa shape index (κ3) is 1.62. The molecule has 0 aliphatic heterocycles. The van der Waals surface area contributed by atoms with E-state index in [1.165, 1.54) is 11.1 Å². The van der Waals surface area contributed by atoms with E-state index in [9.17, 15) is 9.90 Å². The minimum Gasteiger partial charge on any atom is -0.481 e. The highest BCUT2D eigenvalue weighted by Crippen LogP contribution is 2.61. The molecule has 4 rings (SSSR count). The molecule has 1 saturated carbocycles. The van der Waals surface area contributed by atoms with Crippen LogP contribution in [0, 0.1) is 19.8 Å². The molecule has 0 saturated heterocycles. The van der Waals surface area contributed by atoms with Gasteiger partial charge in [0, 0.05) is 11.0 Å². The highest BCUT2D eigenvalue weighted by Gasteiger charge is 2.61. The maximum atomic E-state index is 11.3. The van der Waals surface area contributed by atoms with Crippen LogP contribution in [-0.2, 0) is 16.6 Å². The van der Waals surface area contributed by atoms with Crippen LogP contribution in [0.15, 0.2) is 22.7 Å². The molecule has 0 amide bonds. The summed E-state index contributed by atoms with van der Waals surface area (Å²) in [4.78, 5) is 11.3. The predicted octanol–water partition coefficient (Wildman–Crippen LogP) is 3.25. The number of carbonyl (C=O) groups is 1. The lowest BCUT2D eigenvalue weighted by atomic mass is 9.93. The Hall–Kier alpha value is -2.10. The van der Waals surface area contributed by atoms with Crippen molar-refractivity contribution in [2.24, 2.45) is 5.92 Å². The largest absolute Gasteiger partial charge is 0.481 e. The van der Waals surface area contributed by atoms with E-state index >= 15 is 0 Å². The van der Waals surface area contributed by atoms with E-state index in [4.69, 9.17) is 4.52 Å². The smallest absolute Gasteiger partial charge is 0.307 e. The summed E-state index contributed by atoms with van der Waals surface area (Å²) < 4.78 is 5.24. The summed E-state index contributed by atoms with van der Waals surface area (Å²) in [6.45, 7) is 3.87. The number of hydrogen-bond donors (Lipinski definition) is 1. The van der Waals surface area contributed by atoms with Gasteiger partial charge < -0.3 is 9.63 Å². The molecule has 1 heterocycles. The van der Waals surface area contributed by atoms with Crippen molar-refractivity contribution in [3.05, 3.63) is 40.8 Å². The molecule has 1 aromatic carbocycles. The first-order chi connectivity index (χ1) is 10.0. The second-order valence-corrected chi connectivity index (χ2v) is 6.32. The summed E-state index contributed by atoms with van der Waals surface area (Å²) in [6, 6.07) is 6.38. The number of benzene rings is 1. The zero-order chi connectivity index (χ0) is 14.8. The van der Waals surface area contributed by atoms with Gasteiger partial charge in [-0.15, -0.1) is 0 Å². The summed E-state index contributed by atoms with van der Waals surface area (Å²) in [5, 5.41) is 13.3. The second-order valence-electron chi connectivity index (χ2n) is 6.32. The number of aromatic nitrogens is 1. The average Bonchev–Trinajstić information content (AvgIpc) is 2.95. The molecule has 2 aromatic rings. The van der Waals surface area contributed by atoms with E-state index < -0.39 is 5.97 Å². The summed E-state index contributed by atoms with van der Waals surface area (Å²) in [5.41, 5.74) is 5.52. The topological polar surface area (TPSA) is 63.3 Å². The van der Waals surface area contributed by atoms with Gasteiger partial charge in [0.1, 0.15) is 5.76 Å². The second kappa shape index (κ2) is 3.97. The van der Waals surface area contributed by atoms with Gasteiger partial charge in [0.25, 0.3) is 0 Å². The van der Waals surface area contributed by atoms with Crippen LogP contribution in [0.4, 0.5) is 0 Å². The summed E-state index contributed by atoms with van der Waals surface area (Å²) in [7, 11) is 0. The molecule has 2 aliphatic rings. The van der Waals surface area contributed by atoms with E-state index in [2.05, 4.69) is 23.4 Å². The Kier molecular flexibility index (Phi) is 2.39. The molecule has 1 aromatic heterocycles. The van der Waals surface area contributed by atoms with Gasteiger partial charge in [0.05, 0.1) is 11.6 Å². The van der Waals surface area contributed by atoms with Gasteiger partial charge in [0.15, 0.2) is 0 Å². The normalized spacial score (nSPS) is 26.1. The van der Waals surface area contributed by atoms with Gasteiger partial charge in [-0.2, -0.15) is 0 Å². The van der Waals surface area contributed by atoms with Crippen molar-refractivity contribution in [3.8, 4) is 11.1 Å². The Bertz CT molecular complexity index is 742. The molecule has 108 valence electrons. The van der Waals surface area contributed by atoms with Crippen molar-refractivity contribution < 1.29 is 14.4 Å². The highest BCUT2D eigenvalue weighted by molar-refractivity contribution is 5.79. The van der Waals surface area contributed by atoms with Gasteiger partial charge in [0.2, 0.25) is 0 Å². The van der Waals surface area contributed by atoms with Crippen molar-refractivity contribution in [2.75, 3.05) is 0 Å². The fourth-order valence-corrected chi connectivity index (χ4v) is 4.03. The molecule has 0 radical (unpaired) electrons. The van der Waals surface area contributed by atoms with Crippen LogP contribution in [0.25, 0.3) is 11.1 Å². The van der Waals surface area contributed by atoms with Gasteiger partial charge in [-0.25, -0.2) is 0 Å². The first-order valence-electron chi connectivity index (χ1n) is 7.32. The lowest BCUT2D eigenvalue weighted by Crippen LogP contribution is -2.11. The molecule has 4 nitrogen and oxygen atoms in total. The van der Waals surface area contributed by atoms with Crippen molar-refractivity contribution in [1.29, 1.82) is 0 Å². The Labute approximate surface area is 122 Å². The standard InChI is InChI=1S/C17H17NO3/c1-9-15(10(2)21-18-9)12-3-4-13-11(7-12)5-6-17(13)8-14(17)16(19)20/h3-4,7,14H,5-6,8H2,1-2H3,(H,19,20). The first-order valence-corrected chi connectivity index (χ1v) is 7.32. The Morgan fingerprint density at radius 2 is 2.24 bits per heavy atom. The first kappa shape index (κ1) is 12.6. The molecule has 2 aliphatic carbocycles. The Morgan fingerprint density at radius 1 is 1.43 bits per heavy atom. The summed E-state index contributed by atoms with van der Waals surface area (Å²) >= 11 is 0. The molecule has 1 spiro atoms. The summed E-state index contributed by atoms with van der Waals surface area (Å²) in [5.74, 6) is -0.0173. The Morgan fingerprint density at radius 3 is 2.86 bits per heavy atom. The fraction of sp³-hybridized carbons (Fsp3) is 0.412. The van der Waals surface area contributed by atoms with E-state index in [0.717, 1.165) is 41.8 Å². The van der Waals surface area contributed by atoms with Crippen LogP contribution in [0.3, 0.4) is 0 Å². The number of carboxylic acid groups (broad SMARTS) is 1. The molecular weight excluding hydrogens is 266 g/mol. The molecule has 1 N–H and O–H groups in total. The molecule has 1 fully saturated rings. The number of rotatable bonds is 2. The summed E-state index contributed by atoms with van der Waals surface area (Å²) in [6.07, 6.45) is 2.72. The van der Waals surface area contributed by atoms with Crippen molar-refractivity contribution >= 4 is 5.97 Å². The van der Waals surface area contributed by atoms with Crippen LogP contribution in [0.1, 0.15) is 35.4 Å². The molecule has 4 heteroatoms. The predicted molar refractivity (Wildman–Crippen MR) is 77.2 cm³/mol. The van der Waals surface area contributed by atoms with Crippen molar-refractivity contribution in [2.45, 2.75) is 38.5 Å². The van der Waals surface area contributed by atoms with Gasteiger partial charge in [-0.05, 0) is 49.8 Å². The lowest BCUT2D eigenvalue weighted by Gasteiger charge is -2.11. The van der Waals surface area contributed by atoms with E-state index in [1.807, 2.05) is 13.8 Å². The fourth-order valence-electron chi connectivity index (χ4n) is 4.03. The van der Waals surface area contributed by atoms with Gasteiger partial charge in [-0.1, -0.05) is 23.4 Å². The monoisotopic (exact) mass is 283 g/mol. The lowest BCUT2D eigenvalue weighted by molar-refractivity contribution is -0.139. The number of carboxylic acids is 1. The van der Waals surface area contributed by atoms with Crippen LogP contribution in [0.2, 0.25) is 0 Å². The SMILES string of the molecule is Cc1noc(C)c1-c1ccc2c(c1)CCC21CC1C(=O)O. The van der Waals surface area contributed by atoms with Gasteiger partial charge >= 0.3 is 5.97 Å². The number of aryl methyl sites for hydroxylation is 3. The molecule has 21 heavy (non-hydrogen) atoms. The molecular formula is C17H17NO3. The number of nitrogens with zero attached hydrogens (tertiary/aromatic N) is 1. The average molecular weight is 283 g/mol. The quantitative estimate of drug-likeness (QED) is 0.919. The Balaban J connectivity index is 1.77. The molecule has 0 bridgehead atoms. The molecule has 2 atom stereocenters. The van der Waals surface area contributed by atoms with Crippen LogP contribution in [0.5, 0.6) is 0 Å². The van der Waals surface area contributed by atoms with Crippen LogP contribution in [-0.4, -0.2) is 16.2 Å². The highest BCUT2D eigenvalue weighted by atomic mass is 16.5. The van der Waals surface area contributed by atoms with Crippen LogP contribution < -0.4 is 0 Å². The van der Waals surface area contributed by atoms with Gasteiger partial charge in [-0.3, -0.25) is 4.79 Å².